The number of nitrogens with zero attached hydrogens (tertiary/aromatic N) is 4. The van der Waals surface area contributed by atoms with Gasteiger partial charge in [-0.05, 0) is 47.9 Å². The fourth-order valence-electron chi connectivity index (χ4n) is 4.54. The van der Waals surface area contributed by atoms with Crippen LogP contribution in [0.15, 0.2) is 65.7 Å². The third-order valence-corrected chi connectivity index (χ3v) is 6.54. The Morgan fingerprint density at radius 2 is 1.83 bits per heavy atom. The smallest absolute Gasteiger partial charge is 0.261 e. The summed E-state index contributed by atoms with van der Waals surface area (Å²) in [5.41, 5.74) is 5.16. The average Bonchev–Trinajstić information content (AvgIpc) is 3.10. The van der Waals surface area contributed by atoms with Gasteiger partial charge in [0.2, 0.25) is 0 Å². The number of ether oxygens (including phenoxy) is 2. The van der Waals surface area contributed by atoms with Gasteiger partial charge in [0.05, 0.1) is 36.4 Å². The topological polar surface area (TPSA) is 70.7 Å². The molecular weight excluding hydrogens is 464 g/mol. The first-order valence-electron chi connectivity index (χ1n) is 11.7. The fourth-order valence-corrected chi connectivity index (χ4v) is 4.67. The zero-order chi connectivity index (χ0) is 23.9. The molecule has 35 heavy (non-hydrogen) atoms. The van der Waals surface area contributed by atoms with Gasteiger partial charge < -0.3 is 14.0 Å². The summed E-state index contributed by atoms with van der Waals surface area (Å²) in [6.45, 7) is 3.74. The van der Waals surface area contributed by atoms with E-state index in [-0.39, 0.29) is 5.56 Å². The molecule has 0 aliphatic carbocycles. The number of aryl methyl sites for hydroxylation is 1. The summed E-state index contributed by atoms with van der Waals surface area (Å²) < 4.78 is 15.0. The van der Waals surface area contributed by atoms with E-state index in [4.69, 9.17) is 26.2 Å². The summed E-state index contributed by atoms with van der Waals surface area (Å²) in [6, 6.07) is 15.4. The van der Waals surface area contributed by atoms with Gasteiger partial charge in [0.1, 0.15) is 0 Å². The molecule has 0 bridgehead atoms. The molecule has 3 aromatic heterocycles. The molecule has 176 valence electrons. The number of hydrogen-bond acceptors (Lipinski definition) is 5. The van der Waals surface area contributed by atoms with E-state index in [0.717, 1.165) is 57.9 Å². The van der Waals surface area contributed by atoms with Crippen molar-refractivity contribution in [3.63, 3.8) is 0 Å². The third kappa shape index (κ3) is 3.82. The van der Waals surface area contributed by atoms with Crippen molar-refractivity contribution in [3.05, 3.63) is 87.6 Å². The summed E-state index contributed by atoms with van der Waals surface area (Å²) in [5.74, 6) is 1.46. The molecule has 1 aliphatic heterocycles. The minimum atomic E-state index is -0.120. The second-order valence-corrected chi connectivity index (χ2v) is 8.99. The molecule has 7 nitrogen and oxygen atoms in total. The van der Waals surface area contributed by atoms with Gasteiger partial charge in [-0.25, -0.2) is 9.50 Å². The Morgan fingerprint density at radius 1 is 1.03 bits per heavy atom. The maximum atomic E-state index is 13.4. The van der Waals surface area contributed by atoms with Crippen molar-refractivity contribution in [1.29, 1.82) is 0 Å². The van der Waals surface area contributed by atoms with Crippen LogP contribution in [0.4, 0.5) is 0 Å². The van der Waals surface area contributed by atoms with Crippen molar-refractivity contribution in [1.82, 2.24) is 19.2 Å². The van der Waals surface area contributed by atoms with Gasteiger partial charge in [-0.15, -0.1) is 0 Å². The highest BCUT2D eigenvalue weighted by atomic mass is 35.5. The Kier molecular flexibility index (Phi) is 5.41. The number of aromatic nitrogens is 4. The number of hydrogen-bond donors (Lipinski definition) is 0. The zero-order valence-corrected chi connectivity index (χ0v) is 20.0. The lowest BCUT2D eigenvalue weighted by molar-refractivity contribution is 0.297. The van der Waals surface area contributed by atoms with Crippen LogP contribution in [0.3, 0.4) is 0 Å². The zero-order valence-electron chi connectivity index (χ0n) is 19.2. The van der Waals surface area contributed by atoms with Gasteiger partial charge >= 0.3 is 0 Å². The molecule has 0 amide bonds. The van der Waals surface area contributed by atoms with Crippen molar-refractivity contribution >= 4 is 28.2 Å². The van der Waals surface area contributed by atoms with Crippen molar-refractivity contribution in [2.24, 2.45) is 0 Å². The van der Waals surface area contributed by atoms with Crippen molar-refractivity contribution in [2.75, 3.05) is 13.2 Å². The van der Waals surface area contributed by atoms with Gasteiger partial charge in [-0.1, -0.05) is 36.7 Å². The first kappa shape index (κ1) is 21.7. The van der Waals surface area contributed by atoms with Crippen LogP contribution in [-0.4, -0.2) is 32.4 Å². The van der Waals surface area contributed by atoms with Crippen LogP contribution in [-0.2, 0) is 13.0 Å². The van der Waals surface area contributed by atoms with E-state index in [1.807, 2.05) is 54.7 Å². The van der Waals surface area contributed by atoms with Gasteiger partial charge in [-0.3, -0.25) is 4.79 Å². The molecule has 0 fully saturated rings. The average molecular weight is 487 g/mol. The molecule has 8 heteroatoms. The van der Waals surface area contributed by atoms with Crippen LogP contribution in [0.1, 0.15) is 24.6 Å². The Balaban J connectivity index is 1.43. The van der Waals surface area contributed by atoms with Gasteiger partial charge in [0.15, 0.2) is 17.1 Å². The SMILES string of the molecule is CCc1nn2c(ncc3c(=O)n(Cc4ccc5c(c4)OCCCO5)ccc32)c1-c1ccc(Cl)cc1. The van der Waals surface area contributed by atoms with E-state index < -0.39 is 0 Å². The molecular formula is C27H23ClN4O3. The second kappa shape index (κ2) is 8.74. The summed E-state index contributed by atoms with van der Waals surface area (Å²) in [4.78, 5) is 18.1. The monoisotopic (exact) mass is 486 g/mol. The largest absolute Gasteiger partial charge is 0.490 e. The number of benzene rings is 2. The van der Waals surface area contributed by atoms with E-state index in [1.165, 1.54) is 0 Å². The second-order valence-electron chi connectivity index (χ2n) is 8.56. The summed E-state index contributed by atoms with van der Waals surface area (Å²) >= 11 is 6.09. The fraction of sp³-hybridized carbons (Fsp3) is 0.222. The predicted octanol–water partition coefficient (Wildman–Crippen LogP) is 5.14. The van der Waals surface area contributed by atoms with Crippen LogP contribution in [0.5, 0.6) is 11.5 Å². The van der Waals surface area contributed by atoms with E-state index in [0.29, 0.717) is 30.2 Å². The lowest BCUT2D eigenvalue weighted by Gasteiger charge is -2.11. The number of rotatable bonds is 4. The van der Waals surface area contributed by atoms with Crippen molar-refractivity contribution < 1.29 is 9.47 Å². The Morgan fingerprint density at radius 3 is 2.63 bits per heavy atom. The minimum absolute atomic E-state index is 0.120. The van der Waals surface area contributed by atoms with E-state index in [2.05, 4.69) is 11.9 Å². The maximum Gasteiger partial charge on any atom is 0.261 e. The molecule has 4 heterocycles. The first-order chi connectivity index (χ1) is 17.1. The number of pyridine rings is 1. The quantitative estimate of drug-likeness (QED) is 0.352. The maximum absolute atomic E-state index is 13.4. The van der Waals surface area contributed by atoms with Crippen molar-refractivity contribution in [3.8, 4) is 22.6 Å². The van der Waals surface area contributed by atoms with E-state index >= 15 is 0 Å². The van der Waals surface area contributed by atoms with Gasteiger partial charge in [-0.2, -0.15) is 5.10 Å². The van der Waals surface area contributed by atoms with Gasteiger partial charge in [0, 0.05) is 29.4 Å². The van der Waals surface area contributed by atoms with Crippen LogP contribution in [0.2, 0.25) is 5.02 Å². The standard InChI is InChI=1S/C27H23ClN4O3/c1-2-21-25(18-5-7-19(28)8-6-18)26-29-15-20-22(32(26)30-21)10-11-31(27(20)33)16-17-4-9-23-24(14-17)35-13-3-12-34-23/h4-11,14-15H,2-3,12-13,16H2,1H3. The van der Waals surface area contributed by atoms with Gasteiger partial charge in [0.25, 0.3) is 5.56 Å². The summed E-state index contributed by atoms with van der Waals surface area (Å²) in [7, 11) is 0. The molecule has 0 unspecified atom stereocenters. The van der Waals surface area contributed by atoms with Crippen LogP contribution >= 0.6 is 11.6 Å². The molecule has 0 N–H and O–H groups in total. The molecule has 0 spiro atoms. The van der Waals surface area contributed by atoms with Crippen LogP contribution in [0, 0.1) is 0 Å². The van der Waals surface area contributed by atoms with Crippen LogP contribution in [0.25, 0.3) is 27.7 Å². The predicted molar refractivity (Wildman–Crippen MR) is 136 cm³/mol. The highest BCUT2D eigenvalue weighted by Crippen LogP contribution is 2.32. The van der Waals surface area contributed by atoms with E-state index in [1.54, 1.807) is 15.3 Å². The summed E-state index contributed by atoms with van der Waals surface area (Å²) in [6.07, 6.45) is 5.05. The Bertz CT molecular complexity index is 1620. The molecule has 0 saturated heterocycles. The molecule has 1 aliphatic rings. The normalized spacial score (nSPS) is 13.3. The van der Waals surface area contributed by atoms with Crippen molar-refractivity contribution in [2.45, 2.75) is 26.3 Å². The summed E-state index contributed by atoms with van der Waals surface area (Å²) in [5, 5.41) is 6.01. The number of fused-ring (bicyclic) bond motifs is 4. The molecule has 5 aromatic rings. The first-order valence-corrected chi connectivity index (χ1v) is 12.0. The third-order valence-electron chi connectivity index (χ3n) is 6.29. The molecule has 0 atom stereocenters. The highest BCUT2D eigenvalue weighted by Gasteiger charge is 2.18. The highest BCUT2D eigenvalue weighted by molar-refractivity contribution is 6.30. The van der Waals surface area contributed by atoms with Crippen LogP contribution < -0.4 is 15.0 Å². The molecule has 0 saturated carbocycles. The Hall–Kier alpha value is -3.84. The van der Waals surface area contributed by atoms with E-state index in [9.17, 15) is 4.79 Å². The molecule has 0 radical (unpaired) electrons. The Labute approximate surface area is 206 Å². The molecule has 2 aromatic carbocycles. The number of halogens is 1. The minimum Gasteiger partial charge on any atom is -0.490 e. The lowest BCUT2D eigenvalue weighted by atomic mass is 10.0. The lowest BCUT2D eigenvalue weighted by Crippen LogP contribution is -2.21. The molecule has 6 rings (SSSR count).